The van der Waals surface area contributed by atoms with E-state index in [0.717, 1.165) is 10.5 Å². The highest BCUT2D eigenvalue weighted by atomic mass is 16.6. The van der Waals surface area contributed by atoms with Crippen LogP contribution in [-0.2, 0) is 48.1 Å². The quantitative estimate of drug-likeness (QED) is 0.101. The third kappa shape index (κ3) is 14.7. The van der Waals surface area contributed by atoms with Gasteiger partial charge in [-0.3, -0.25) is 19.3 Å². The molecule has 3 aromatic carbocycles. The van der Waals surface area contributed by atoms with E-state index in [1.807, 2.05) is 44.2 Å². The Labute approximate surface area is 312 Å². The minimum Gasteiger partial charge on any atom is -0.508 e. The molecule has 3 aromatic rings. The zero-order valence-electron chi connectivity index (χ0n) is 31.4. The second-order valence-corrected chi connectivity index (χ2v) is 14.4. The number of nitrogens with one attached hydrogen (secondary N) is 2. The van der Waals surface area contributed by atoms with E-state index >= 15 is 0 Å². The van der Waals surface area contributed by atoms with E-state index in [1.54, 1.807) is 63.2 Å². The van der Waals surface area contributed by atoms with E-state index in [1.165, 1.54) is 12.1 Å². The number of nitrogens with two attached hydrogens (primary N) is 1. The highest BCUT2D eigenvalue weighted by Gasteiger charge is 2.40. The van der Waals surface area contributed by atoms with Crippen LogP contribution in [0.15, 0.2) is 84.9 Å². The molecule has 0 unspecified atom stereocenters. The molecule has 0 spiro atoms. The van der Waals surface area contributed by atoms with Gasteiger partial charge in [-0.1, -0.05) is 86.6 Å². The smallest absolute Gasteiger partial charge is 0.408 e. The number of benzene rings is 3. The fourth-order valence-electron chi connectivity index (χ4n) is 5.60. The van der Waals surface area contributed by atoms with Gasteiger partial charge in [0.25, 0.3) is 5.91 Å². The molecule has 53 heavy (non-hydrogen) atoms. The molecular formula is C41H54N4O8. The van der Waals surface area contributed by atoms with Gasteiger partial charge in [-0.05, 0) is 81.3 Å². The van der Waals surface area contributed by atoms with Crippen LogP contribution < -0.4 is 16.4 Å². The van der Waals surface area contributed by atoms with Crippen molar-refractivity contribution in [3.63, 3.8) is 0 Å². The van der Waals surface area contributed by atoms with E-state index in [0.29, 0.717) is 30.5 Å². The molecule has 3 atom stereocenters. The molecule has 286 valence electrons. The Morgan fingerprint density at radius 2 is 1.36 bits per heavy atom. The van der Waals surface area contributed by atoms with Gasteiger partial charge in [-0.2, -0.15) is 0 Å². The number of hydrogen-bond donors (Lipinski definition) is 4. The third-order valence-corrected chi connectivity index (χ3v) is 8.13. The van der Waals surface area contributed by atoms with Gasteiger partial charge in [0.2, 0.25) is 11.8 Å². The zero-order chi connectivity index (χ0) is 39.0. The van der Waals surface area contributed by atoms with E-state index in [9.17, 15) is 29.1 Å². The number of phenols is 1. The number of carbonyl (C=O) groups is 5. The van der Waals surface area contributed by atoms with E-state index in [2.05, 4.69) is 10.6 Å². The summed E-state index contributed by atoms with van der Waals surface area (Å²) >= 11 is 0. The van der Waals surface area contributed by atoms with Crippen molar-refractivity contribution in [3.8, 4) is 5.75 Å². The first-order valence-electron chi connectivity index (χ1n) is 18.0. The van der Waals surface area contributed by atoms with Crippen LogP contribution in [0.1, 0.15) is 77.0 Å². The standard InChI is InChI=1S/C41H54N4O8/c1-28(2)24-34(39(50)52-27-31-16-10-7-11-17-31)43-37(48)35(26-29-14-8-6-9-15-29)45(36(47)18-12-13-23-42)38(49)33(44-40(51)53-41(3,4)5)25-30-19-21-32(46)22-20-30/h6-11,14-17,19-22,28,33-35,46H,12-13,18,23-27,42H2,1-5H3,(H,43,48)(H,44,51)/t33-,34-,35-/m0/s1. The van der Waals surface area contributed by atoms with Crippen molar-refractivity contribution in [2.75, 3.05) is 6.54 Å². The first-order valence-corrected chi connectivity index (χ1v) is 18.0. The summed E-state index contributed by atoms with van der Waals surface area (Å²) in [7, 11) is 0. The van der Waals surface area contributed by atoms with Crippen LogP contribution in [0.3, 0.4) is 0 Å². The Kier molecular flexibility index (Phi) is 16.5. The predicted molar refractivity (Wildman–Crippen MR) is 201 cm³/mol. The summed E-state index contributed by atoms with van der Waals surface area (Å²) in [5, 5.41) is 15.3. The molecule has 0 bridgehead atoms. The zero-order valence-corrected chi connectivity index (χ0v) is 31.4. The van der Waals surface area contributed by atoms with Crippen molar-refractivity contribution < 1.29 is 38.6 Å². The Balaban J connectivity index is 2.07. The normalized spacial score (nSPS) is 13.0. The molecule has 4 amide bonds. The molecule has 12 nitrogen and oxygen atoms in total. The maximum atomic E-state index is 14.8. The van der Waals surface area contributed by atoms with E-state index in [4.69, 9.17) is 15.2 Å². The number of carbonyl (C=O) groups excluding carboxylic acids is 5. The maximum absolute atomic E-state index is 14.8. The van der Waals surface area contributed by atoms with Crippen LogP contribution >= 0.6 is 0 Å². The summed E-state index contributed by atoms with van der Waals surface area (Å²) in [5.41, 5.74) is 6.81. The van der Waals surface area contributed by atoms with Gasteiger partial charge in [-0.15, -0.1) is 0 Å². The van der Waals surface area contributed by atoms with Crippen LogP contribution in [0.25, 0.3) is 0 Å². The topological polar surface area (TPSA) is 177 Å². The number of unbranched alkanes of at least 4 members (excludes halogenated alkanes) is 1. The lowest BCUT2D eigenvalue weighted by atomic mass is 9.98. The van der Waals surface area contributed by atoms with E-state index < -0.39 is 53.5 Å². The Hall–Kier alpha value is -5.23. The summed E-state index contributed by atoms with van der Waals surface area (Å²) in [6.07, 6.45) is -0.0805. The van der Waals surface area contributed by atoms with Crippen molar-refractivity contribution in [3.05, 3.63) is 102 Å². The summed E-state index contributed by atoms with van der Waals surface area (Å²) in [6, 6.07) is 20.2. The van der Waals surface area contributed by atoms with Gasteiger partial charge < -0.3 is 30.9 Å². The highest BCUT2D eigenvalue weighted by molar-refractivity contribution is 6.03. The summed E-state index contributed by atoms with van der Waals surface area (Å²) in [4.78, 5) is 71.0. The number of nitrogens with zero attached hydrogens (tertiary/aromatic N) is 1. The first-order chi connectivity index (χ1) is 25.2. The lowest BCUT2D eigenvalue weighted by Gasteiger charge is -2.34. The Morgan fingerprint density at radius 3 is 1.92 bits per heavy atom. The lowest BCUT2D eigenvalue weighted by molar-refractivity contribution is -0.155. The predicted octanol–water partition coefficient (Wildman–Crippen LogP) is 5.20. The molecule has 0 aliphatic rings. The van der Waals surface area contributed by atoms with Crippen LogP contribution in [0.2, 0.25) is 0 Å². The number of esters is 1. The molecule has 0 fully saturated rings. The minimum absolute atomic E-state index is 0.00288. The van der Waals surface area contributed by atoms with Gasteiger partial charge in [0.15, 0.2) is 0 Å². The van der Waals surface area contributed by atoms with Gasteiger partial charge in [0, 0.05) is 19.3 Å². The second-order valence-electron chi connectivity index (χ2n) is 14.4. The SMILES string of the molecule is CC(C)C[C@H](NC(=O)[C@H](Cc1ccccc1)N(C(=O)CCCCN)C(=O)[C@H](Cc1ccc(O)cc1)NC(=O)OC(C)(C)C)C(=O)OCc1ccccc1. The fraction of sp³-hybridized carbons (Fsp3) is 0.439. The summed E-state index contributed by atoms with van der Waals surface area (Å²) in [6.45, 7) is 9.15. The molecule has 0 aliphatic heterocycles. The molecule has 0 aliphatic carbocycles. The molecule has 0 saturated heterocycles. The molecule has 0 aromatic heterocycles. The van der Waals surface area contributed by atoms with Crippen molar-refractivity contribution in [1.29, 1.82) is 0 Å². The Bertz CT molecular complexity index is 1630. The number of phenolic OH excluding ortho intramolecular Hbond substituents is 1. The number of imide groups is 1. The largest absolute Gasteiger partial charge is 0.508 e. The van der Waals surface area contributed by atoms with Gasteiger partial charge in [0.1, 0.15) is 36.1 Å². The minimum atomic E-state index is -1.42. The Morgan fingerprint density at radius 1 is 0.774 bits per heavy atom. The number of ether oxygens (including phenoxy) is 2. The van der Waals surface area contributed by atoms with Crippen molar-refractivity contribution >= 4 is 29.8 Å². The average Bonchev–Trinajstić information content (AvgIpc) is 3.10. The maximum Gasteiger partial charge on any atom is 0.408 e. The van der Waals surface area contributed by atoms with Gasteiger partial charge >= 0.3 is 12.1 Å². The van der Waals surface area contributed by atoms with Crippen LogP contribution in [0.4, 0.5) is 4.79 Å². The average molecular weight is 731 g/mol. The molecular weight excluding hydrogens is 676 g/mol. The van der Waals surface area contributed by atoms with Crippen LogP contribution in [0, 0.1) is 5.92 Å². The van der Waals surface area contributed by atoms with Crippen molar-refractivity contribution in [2.24, 2.45) is 11.7 Å². The fourth-order valence-corrected chi connectivity index (χ4v) is 5.60. The summed E-state index contributed by atoms with van der Waals surface area (Å²) in [5.74, 6) is -2.90. The number of rotatable bonds is 18. The molecule has 5 N–H and O–H groups in total. The number of hydrogen-bond acceptors (Lipinski definition) is 9. The van der Waals surface area contributed by atoms with Crippen LogP contribution in [0.5, 0.6) is 5.75 Å². The first kappa shape index (κ1) is 42.2. The van der Waals surface area contributed by atoms with Crippen LogP contribution in [-0.4, -0.2) is 70.1 Å². The highest BCUT2D eigenvalue weighted by Crippen LogP contribution is 2.20. The third-order valence-electron chi connectivity index (χ3n) is 8.13. The van der Waals surface area contributed by atoms with Gasteiger partial charge in [0.05, 0.1) is 0 Å². The van der Waals surface area contributed by atoms with Gasteiger partial charge in [-0.25, -0.2) is 9.59 Å². The molecule has 12 heteroatoms. The van der Waals surface area contributed by atoms with E-state index in [-0.39, 0.29) is 44.0 Å². The number of amides is 4. The van der Waals surface area contributed by atoms with Crippen molar-refractivity contribution in [2.45, 2.75) is 103 Å². The molecule has 0 heterocycles. The number of alkyl carbamates (subject to hydrolysis) is 1. The summed E-state index contributed by atoms with van der Waals surface area (Å²) < 4.78 is 11.1. The van der Waals surface area contributed by atoms with Crippen molar-refractivity contribution in [1.82, 2.24) is 15.5 Å². The second kappa shape index (κ2) is 20.7. The number of aromatic hydroxyl groups is 1. The molecule has 0 radical (unpaired) electrons. The molecule has 0 saturated carbocycles. The lowest BCUT2D eigenvalue weighted by Crippen LogP contribution is -2.60. The monoisotopic (exact) mass is 730 g/mol. The molecule has 3 rings (SSSR count).